The molecule has 0 radical (unpaired) electrons. The van der Waals surface area contributed by atoms with Gasteiger partial charge in [0.15, 0.2) is 0 Å². The van der Waals surface area contributed by atoms with Crippen LogP contribution in [0.1, 0.15) is 122 Å². The van der Waals surface area contributed by atoms with Gasteiger partial charge in [0.1, 0.15) is 0 Å². The summed E-state index contributed by atoms with van der Waals surface area (Å²) in [4.78, 5) is 0. The van der Waals surface area contributed by atoms with E-state index in [0.29, 0.717) is 0 Å². The van der Waals surface area contributed by atoms with Gasteiger partial charge in [-0.05, 0) is 19.3 Å². The fourth-order valence-electron chi connectivity index (χ4n) is 3.21. The van der Waals surface area contributed by atoms with Crippen LogP contribution in [0.15, 0.2) is 12.7 Å². The van der Waals surface area contributed by atoms with Crippen LogP contribution in [0.3, 0.4) is 0 Å². The number of rotatable bonds is 20. The van der Waals surface area contributed by atoms with Gasteiger partial charge in [0.2, 0.25) is 0 Å². The molecule has 0 N–H and O–H groups in total. The molecule has 1 heteroatoms. The molecule has 0 nitrogen and oxygen atoms in total. The molecule has 0 amide bonds. The van der Waals surface area contributed by atoms with Crippen LogP contribution in [-0.2, 0) is 0 Å². The zero-order valence-electron chi connectivity index (χ0n) is 15.8. The molecule has 0 saturated heterocycles. The van der Waals surface area contributed by atoms with Gasteiger partial charge in [-0.2, -0.15) is 0 Å². The molecule has 0 unspecified atom stereocenters. The van der Waals surface area contributed by atoms with E-state index in [1.54, 1.807) is 0 Å². The summed E-state index contributed by atoms with van der Waals surface area (Å²) in [6.45, 7) is 3.77. The molecule has 0 spiro atoms. The summed E-state index contributed by atoms with van der Waals surface area (Å²) in [5.41, 5.74) is 0. The second kappa shape index (κ2) is 22.0. The van der Waals surface area contributed by atoms with Crippen LogP contribution in [-0.4, -0.2) is 5.88 Å². The molecular weight excluding hydrogens is 300 g/mol. The lowest BCUT2D eigenvalue weighted by Gasteiger charge is -2.03. The Kier molecular flexibility index (Phi) is 22.1. The highest BCUT2D eigenvalue weighted by molar-refractivity contribution is 6.17. The fraction of sp³-hybridized carbons (Fsp3) is 0.909. The van der Waals surface area contributed by atoms with E-state index in [-0.39, 0.29) is 0 Å². The first kappa shape index (κ1) is 23.0. The van der Waals surface area contributed by atoms with Crippen LogP contribution in [0.4, 0.5) is 0 Å². The van der Waals surface area contributed by atoms with E-state index < -0.39 is 0 Å². The minimum Gasteiger partial charge on any atom is -0.127 e. The molecule has 0 aliphatic carbocycles. The number of hydrogen-bond acceptors (Lipinski definition) is 0. The fourth-order valence-corrected chi connectivity index (χ4v) is 3.40. The molecule has 0 saturated carbocycles. The highest BCUT2D eigenvalue weighted by Gasteiger charge is 1.95. The van der Waals surface area contributed by atoms with Gasteiger partial charge in [-0.3, -0.25) is 0 Å². The first-order valence-corrected chi connectivity index (χ1v) is 11.1. The van der Waals surface area contributed by atoms with Crippen molar-refractivity contribution < 1.29 is 0 Å². The van der Waals surface area contributed by atoms with E-state index in [2.05, 4.69) is 6.58 Å². The SMILES string of the molecule is C=CCCCCCCCCCCCCCCCCCCCCCl. The van der Waals surface area contributed by atoms with Gasteiger partial charge in [0, 0.05) is 5.88 Å². The molecule has 23 heavy (non-hydrogen) atoms. The summed E-state index contributed by atoms with van der Waals surface area (Å²) in [7, 11) is 0. The number of alkyl halides is 1. The molecule has 0 aliphatic rings. The molecule has 0 bridgehead atoms. The second-order valence-electron chi connectivity index (χ2n) is 7.13. The minimum absolute atomic E-state index is 0.843. The Balaban J connectivity index is 2.93. The summed E-state index contributed by atoms with van der Waals surface area (Å²) >= 11 is 5.68. The summed E-state index contributed by atoms with van der Waals surface area (Å²) in [6, 6.07) is 0. The highest BCUT2D eigenvalue weighted by atomic mass is 35.5. The monoisotopic (exact) mass is 342 g/mol. The predicted molar refractivity (Wildman–Crippen MR) is 109 cm³/mol. The Morgan fingerprint density at radius 3 is 0.957 bits per heavy atom. The topological polar surface area (TPSA) is 0 Å². The molecule has 0 rings (SSSR count). The average Bonchev–Trinajstić information content (AvgIpc) is 2.57. The number of halogens is 1. The number of allylic oxidation sites excluding steroid dienone is 1. The number of unbranched alkanes of at least 4 members (excludes halogenated alkanes) is 18. The van der Waals surface area contributed by atoms with Gasteiger partial charge in [-0.15, -0.1) is 18.2 Å². The molecule has 138 valence electrons. The van der Waals surface area contributed by atoms with Crippen molar-refractivity contribution in [2.45, 2.75) is 122 Å². The van der Waals surface area contributed by atoms with Crippen LogP contribution < -0.4 is 0 Å². The van der Waals surface area contributed by atoms with Gasteiger partial charge in [-0.1, -0.05) is 109 Å². The van der Waals surface area contributed by atoms with Gasteiger partial charge >= 0.3 is 0 Å². The van der Waals surface area contributed by atoms with Crippen molar-refractivity contribution in [3.8, 4) is 0 Å². The first-order chi connectivity index (χ1) is 11.4. The average molecular weight is 343 g/mol. The lowest BCUT2D eigenvalue weighted by atomic mass is 10.0. The summed E-state index contributed by atoms with van der Waals surface area (Å²) in [5.74, 6) is 0.843. The van der Waals surface area contributed by atoms with E-state index in [9.17, 15) is 0 Å². The van der Waals surface area contributed by atoms with Crippen molar-refractivity contribution >= 4 is 11.6 Å². The van der Waals surface area contributed by atoms with Crippen molar-refractivity contribution in [2.75, 3.05) is 5.88 Å². The van der Waals surface area contributed by atoms with Gasteiger partial charge < -0.3 is 0 Å². The molecule has 0 fully saturated rings. The standard InChI is InChI=1S/C22H43Cl/c1-2-3-4-5-6-7-8-9-10-11-12-13-14-15-16-17-18-19-20-21-22-23/h2H,1,3-22H2. The van der Waals surface area contributed by atoms with E-state index in [4.69, 9.17) is 11.6 Å². The first-order valence-electron chi connectivity index (χ1n) is 10.6. The molecule has 0 atom stereocenters. The van der Waals surface area contributed by atoms with Crippen LogP contribution >= 0.6 is 11.6 Å². The van der Waals surface area contributed by atoms with Crippen molar-refractivity contribution in [1.82, 2.24) is 0 Å². The summed E-state index contributed by atoms with van der Waals surface area (Å²) in [5, 5.41) is 0. The van der Waals surface area contributed by atoms with Crippen molar-refractivity contribution in [2.24, 2.45) is 0 Å². The second-order valence-corrected chi connectivity index (χ2v) is 7.51. The highest BCUT2D eigenvalue weighted by Crippen LogP contribution is 2.14. The van der Waals surface area contributed by atoms with Crippen molar-refractivity contribution in [1.29, 1.82) is 0 Å². The van der Waals surface area contributed by atoms with Gasteiger partial charge in [0.05, 0.1) is 0 Å². The lowest BCUT2D eigenvalue weighted by molar-refractivity contribution is 0.525. The Morgan fingerprint density at radius 2 is 0.696 bits per heavy atom. The van der Waals surface area contributed by atoms with Gasteiger partial charge in [-0.25, -0.2) is 0 Å². The van der Waals surface area contributed by atoms with Gasteiger partial charge in [0.25, 0.3) is 0 Å². The smallest absolute Gasteiger partial charge is 0.0223 e. The lowest BCUT2D eigenvalue weighted by Crippen LogP contribution is -1.84. The predicted octanol–water partition coefficient (Wildman–Crippen LogP) is 8.82. The van der Waals surface area contributed by atoms with Crippen molar-refractivity contribution in [3.63, 3.8) is 0 Å². The van der Waals surface area contributed by atoms with Crippen molar-refractivity contribution in [3.05, 3.63) is 12.7 Å². The third-order valence-corrected chi connectivity index (χ3v) is 5.06. The van der Waals surface area contributed by atoms with E-state index >= 15 is 0 Å². The van der Waals surface area contributed by atoms with Crippen LogP contribution in [0.2, 0.25) is 0 Å². The van der Waals surface area contributed by atoms with E-state index in [0.717, 1.165) is 5.88 Å². The minimum atomic E-state index is 0.843. The normalized spacial score (nSPS) is 11.0. The quantitative estimate of drug-likeness (QED) is 0.118. The molecule has 0 aromatic carbocycles. The summed E-state index contributed by atoms with van der Waals surface area (Å²) in [6.07, 6.45) is 28.8. The Morgan fingerprint density at radius 1 is 0.435 bits per heavy atom. The maximum atomic E-state index is 5.68. The van der Waals surface area contributed by atoms with Crippen LogP contribution in [0, 0.1) is 0 Å². The summed E-state index contributed by atoms with van der Waals surface area (Å²) < 4.78 is 0. The third kappa shape index (κ3) is 22.0. The third-order valence-electron chi connectivity index (χ3n) is 4.79. The van der Waals surface area contributed by atoms with E-state index in [1.807, 2.05) is 6.08 Å². The zero-order chi connectivity index (χ0) is 16.8. The van der Waals surface area contributed by atoms with Crippen LogP contribution in [0.25, 0.3) is 0 Å². The molecule has 0 heterocycles. The zero-order valence-corrected chi connectivity index (χ0v) is 16.6. The Bertz CT molecular complexity index is 212. The number of hydrogen-bond donors (Lipinski definition) is 0. The molecular formula is C22H43Cl. The molecule has 0 aliphatic heterocycles. The van der Waals surface area contributed by atoms with Crippen LogP contribution in [0.5, 0.6) is 0 Å². The largest absolute Gasteiger partial charge is 0.127 e. The Hall–Kier alpha value is 0.0300. The molecule has 0 aromatic heterocycles. The molecule has 0 aromatic rings. The maximum absolute atomic E-state index is 5.68. The Labute approximate surface area is 152 Å². The maximum Gasteiger partial charge on any atom is 0.0223 e. The van der Waals surface area contributed by atoms with E-state index in [1.165, 1.54) is 122 Å².